The van der Waals surface area contributed by atoms with Crippen molar-refractivity contribution >= 4 is 37.5 Å². The lowest BCUT2D eigenvalue weighted by molar-refractivity contribution is -0.133. The molecule has 2 heterocycles. The molecule has 0 atom stereocenters. The summed E-state index contributed by atoms with van der Waals surface area (Å²) >= 11 is 0. The van der Waals surface area contributed by atoms with E-state index in [9.17, 15) is 26.4 Å². The summed E-state index contributed by atoms with van der Waals surface area (Å²) in [6.07, 6.45) is 2.71. The standard InChI is InChI=1S/C25H32N4O6S2/c30-24(26-21-9-11-23(12-10-21)37(34,35)28-15-5-2-6-16-28)13-14-25(31)27-17-19-29(20-18-27)36(32,33)22-7-3-1-4-8-22/h1,3-4,7-12H,2,5-6,13-20H2,(H,26,30). The number of carbonyl (C=O) groups is 2. The van der Waals surface area contributed by atoms with Gasteiger partial charge in [-0.2, -0.15) is 8.61 Å². The molecule has 2 fully saturated rings. The topological polar surface area (TPSA) is 124 Å². The zero-order valence-electron chi connectivity index (χ0n) is 20.6. The lowest BCUT2D eigenvalue weighted by Crippen LogP contribution is -2.50. The minimum Gasteiger partial charge on any atom is -0.340 e. The number of rotatable bonds is 8. The van der Waals surface area contributed by atoms with E-state index in [1.54, 1.807) is 47.4 Å². The van der Waals surface area contributed by atoms with Gasteiger partial charge < -0.3 is 10.2 Å². The molecule has 1 N–H and O–H groups in total. The van der Waals surface area contributed by atoms with E-state index >= 15 is 0 Å². The highest BCUT2D eigenvalue weighted by Crippen LogP contribution is 2.22. The van der Waals surface area contributed by atoms with Crippen molar-refractivity contribution in [3.05, 3.63) is 54.6 Å². The summed E-state index contributed by atoms with van der Waals surface area (Å²) < 4.78 is 53.9. The highest BCUT2D eigenvalue weighted by Gasteiger charge is 2.30. The Kier molecular flexibility index (Phi) is 8.63. The highest BCUT2D eigenvalue weighted by molar-refractivity contribution is 7.89. The highest BCUT2D eigenvalue weighted by atomic mass is 32.2. The van der Waals surface area contributed by atoms with E-state index < -0.39 is 20.0 Å². The third-order valence-corrected chi connectivity index (χ3v) is 10.5. The summed E-state index contributed by atoms with van der Waals surface area (Å²) in [5, 5.41) is 2.70. The molecule has 0 bridgehead atoms. The van der Waals surface area contributed by atoms with Gasteiger partial charge in [-0.25, -0.2) is 16.8 Å². The number of anilines is 1. The van der Waals surface area contributed by atoms with Crippen LogP contribution < -0.4 is 5.32 Å². The van der Waals surface area contributed by atoms with Crippen molar-refractivity contribution in [2.45, 2.75) is 41.9 Å². The maximum Gasteiger partial charge on any atom is 0.243 e. The van der Waals surface area contributed by atoms with Gasteiger partial charge in [-0.1, -0.05) is 24.6 Å². The van der Waals surface area contributed by atoms with Crippen molar-refractivity contribution in [2.75, 3.05) is 44.6 Å². The van der Waals surface area contributed by atoms with Crippen LogP contribution in [0.2, 0.25) is 0 Å². The molecule has 2 saturated heterocycles. The number of benzene rings is 2. The smallest absolute Gasteiger partial charge is 0.243 e. The van der Waals surface area contributed by atoms with E-state index in [-0.39, 0.29) is 60.6 Å². The summed E-state index contributed by atoms with van der Waals surface area (Å²) in [6.45, 7) is 1.96. The molecule has 0 saturated carbocycles. The van der Waals surface area contributed by atoms with Crippen LogP contribution in [-0.2, 0) is 29.6 Å². The molecule has 12 heteroatoms. The molecule has 2 aliphatic rings. The maximum atomic E-state index is 12.8. The molecule has 0 aliphatic carbocycles. The molecule has 10 nitrogen and oxygen atoms in total. The molecule has 0 spiro atoms. The van der Waals surface area contributed by atoms with Crippen molar-refractivity contribution in [1.82, 2.24) is 13.5 Å². The first-order valence-electron chi connectivity index (χ1n) is 12.4. The molecule has 0 aromatic heterocycles. The lowest BCUT2D eigenvalue weighted by Gasteiger charge is -2.34. The van der Waals surface area contributed by atoms with Crippen LogP contribution in [0.25, 0.3) is 0 Å². The van der Waals surface area contributed by atoms with E-state index in [4.69, 9.17) is 0 Å². The molecule has 4 rings (SSSR count). The first-order valence-corrected chi connectivity index (χ1v) is 15.3. The zero-order chi connectivity index (χ0) is 26.5. The number of hydrogen-bond acceptors (Lipinski definition) is 6. The average molecular weight is 549 g/mol. The Morgan fingerprint density at radius 2 is 1.19 bits per heavy atom. The Hall–Kier alpha value is -2.80. The molecular formula is C25H32N4O6S2. The molecule has 2 aromatic rings. The molecule has 2 amide bonds. The SMILES string of the molecule is O=C(CCC(=O)N1CCN(S(=O)(=O)c2ccccc2)CC1)Nc1ccc(S(=O)(=O)N2CCCCC2)cc1. The predicted octanol–water partition coefficient (Wildman–Crippen LogP) is 2.11. The summed E-state index contributed by atoms with van der Waals surface area (Å²) in [6, 6.07) is 14.2. The Balaban J connectivity index is 1.23. The van der Waals surface area contributed by atoms with Crippen LogP contribution in [0.5, 0.6) is 0 Å². The van der Waals surface area contributed by atoms with Crippen LogP contribution in [0, 0.1) is 0 Å². The third-order valence-electron chi connectivity index (χ3n) is 6.63. The van der Waals surface area contributed by atoms with E-state index in [0.29, 0.717) is 18.8 Å². The van der Waals surface area contributed by atoms with Crippen molar-refractivity contribution in [2.24, 2.45) is 0 Å². The Morgan fingerprint density at radius 1 is 0.649 bits per heavy atom. The number of piperidine rings is 1. The second kappa shape index (κ2) is 11.7. The molecular weight excluding hydrogens is 516 g/mol. The lowest BCUT2D eigenvalue weighted by atomic mass is 10.2. The van der Waals surface area contributed by atoms with Crippen LogP contribution in [0.1, 0.15) is 32.1 Å². The number of nitrogens with one attached hydrogen (secondary N) is 1. The zero-order valence-corrected chi connectivity index (χ0v) is 22.2. The number of hydrogen-bond donors (Lipinski definition) is 1. The summed E-state index contributed by atoms with van der Waals surface area (Å²) in [4.78, 5) is 27.0. The summed E-state index contributed by atoms with van der Waals surface area (Å²) in [5.41, 5.74) is 0.453. The van der Waals surface area contributed by atoms with Gasteiger partial charge in [-0.15, -0.1) is 0 Å². The molecule has 2 aromatic carbocycles. The van der Waals surface area contributed by atoms with Crippen molar-refractivity contribution < 1.29 is 26.4 Å². The number of amides is 2. The van der Waals surface area contributed by atoms with Crippen LogP contribution >= 0.6 is 0 Å². The maximum absolute atomic E-state index is 12.8. The number of carbonyl (C=O) groups excluding carboxylic acids is 2. The number of nitrogens with zero attached hydrogens (tertiary/aromatic N) is 3. The monoisotopic (exact) mass is 548 g/mol. The van der Waals surface area contributed by atoms with Gasteiger partial charge in [-0.3, -0.25) is 9.59 Å². The van der Waals surface area contributed by atoms with Crippen LogP contribution in [-0.4, -0.2) is 81.4 Å². The van der Waals surface area contributed by atoms with E-state index in [0.717, 1.165) is 19.3 Å². The summed E-state index contributed by atoms with van der Waals surface area (Å²) in [7, 11) is -7.14. The van der Waals surface area contributed by atoms with Crippen molar-refractivity contribution in [3.63, 3.8) is 0 Å². The minimum absolute atomic E-state index is 0.00130. The normalized spacial score (nSPS) is 17.9. The number of sulfonamides is 2. The molecule has 0 radical (unpaired) electrons. The Bertz CT molecular complexity index is 1300. The van der Waals surface area contributed by atoms with Gasteiger partial charge in [0.05, 0.1) is 9.79 Å². The van der Waals surface area contributed by atoms with E-state index in [2.05, 4.69) is 5.32 Å². The largest absolute Gasteiger partial charge is 0.340 e. The molecule has 2 aliphatic heterocycles. The van der Waals surface area contributed by atoms with Crippen LogP contribution in [0.15, 0.2) is 64.4 Å². The minimum atomic E-state index is -3.60. The first kappa shape index (κ1) is 27.2. The fraction of sp³-hybridized carbons (Fsp3) is 0.440. The van der Waals surface area contributed by atoms with E-state index in [1.807, 2.05) is 0 Å². The number of piperazine rings is 1. The quantitative estimate of drug-likeness (QED) is 0.539. The molecule has 0 unspecified atom stereocenters. The van der Waals surface area contributed by atoms with Gasteiger partial charge in [0.25, 0.3) is 0 Å². The first-order chi connectivity index (χ1) is 17.7. The predicted molar refractivity (Wildman–Crippen MR) is 139 cm³/mol. The van der Waals surface area contributed by atoms with E-state index in [1.165, 1.54) is 20.7 Å². The van der Waals surface area contributed by atoms with Gasteiger partial charge >= 0.3 is 0 Å². The molecule has 37 heavy (non-hydrogen) atoms. The average Bonchev–Trinajstić information content (AvgIpc) is 2.93. The van der Waals surface area contributed by atoms with Gasteiger partial charge in [0, 0.05) is 57.8 Å². The Morgan fingerprint density at radius 3 is 1.78 bits per heavy atom. The van der Waals surface area contributed by atoms with Gasteiger partial charge in [0.15, 0.2) is 0 Å². The van der Waals surface area contributed by atoms with Crippen molar-refractivity contribution in [1.29, 1.82) is 0 Å². The fourth-order valence-electron chi connectivity index (χ4n) is 4.49. The third kappa shape index (κ3) is 6.56. The Labute approximate surface area is 218 Å². The second-order valence-corrected chi connectivity index (χ2v) is 13.0. The van der Waals surface area contributed by atoms with Gasteiger partial charge in [0.2, 0.25) is 31.9 Å². The molecule has 200 valence electrons. The van der Waals surface area contributed by atoms with Gasteiger partial charge in [-0.05, 0) is 49.2 Å². The second-order valence-electron chi connectivity index (χ2n) is 9.14. The fourth-order valence-corrected chi connectivity index (χ4v) is 7.45. The van der Waals surface area contributed by atoms with Crippen molar-refractivity contribution in [3.8, 4) is 0 Å². The summed E-state index contributed by atoms with van der Waals surface area (Å²) in [5.74, 6) is -0.569. The van der Waals surface area contributed by atoms with Crippen LogP contribution in [0.3, 0.4) is 0 Å². The van der Waals surface area contributed by atoms with Gasteiger partial charge in [0.1, 0.15) is 0 Å². The van der Waals surface area contributed by atoms with Crippen LogP contribution in [0.4, 0.5) is 5.69 Å².